The highest BCUT2D eigenvalue weighted by Gasteiger charge is 2.27. The summed E-state index contributed by atoms with van der Waals surface area (Å²) >= 11 is 0. The van der Waals surface area contributed by atoms with E-state index in [9.17, 15) is 8.78 Å². The molecule has 21 heavy (non-hydrogen) atoms. The number of benzene rings is 1. The highest BCUT2D eigenvalue weighted by Crippen LogP contribution is 2.27. The van der Waals surface area contributed by atoms with Crippen LogP contribution in [0.1, 0.15) is 31.1 Å². The first-order valence-electron chi connectivity index (χ1n) is 7.26. The molecule has 0 aliphatic heterocycles. The maximum absolute atomic E-state index is 13.1. The van der Waals surface area contributed by atoms with Gasteiger partial charge in [0, 0.05) is 23.9 Å². The second kappa shape index (κ2) is 7.00. The van der Waals surface area contributed by atoms with Crippen LogP contribution in [0.3, 0.4) is 0 Å². The second-order valence-corrected chi connectivity index (χ2v) is 5.22. The molecule has 0 spiro atoms. The number of furan rings is 1. The number of nitrogens with one attached hydrogen (secondary N) is 1. The van der Waals surface area contributed by atoms with Gasteiger partial charge >= 0.3 is 0 Å². The Balaban J connectivity index is 2.15. The molecule has 3 nitrogen and oxygen atoms in total. The van der Waals surface area contributed by atoms with Crippen molar-refractivity contribution in [3.05, 3.63) is 35.6 Å². The van der Waals surface area contributed by atoms with Crippen LogP contribution >= 0.6 is 0 Å². The summed E-state index contributed by atoms with van der Waals surface area (Å²) in [5.41, 5.74) is 1.72. The molecule has 5 heteroatoms. The second-order valence-electron chi connectivity index (χ2n) is 5.22. The molecule has 0 bridgehead atoms. The third kappa shape index (κ3) is 4.02. The minimum absolute atomic E-state index is 0.311. The van der Waals surface area contributed by atoms with E-state index in [0.29, 0.717) is 6.54 Å². The Morgan fingerprint density at radius 3 is 2.76 bits per heavy atom. The standard InChI is InChI=1S/C16H21F2NO2/c1-2-3-7-15-13(9-19-10-16(17,18)11-20)12-6-4-5-8-14(12)21-15/h4-6,8,19-20H,2-3,7,9-11H2,1H3. The number of hydrogen-bond acceptors (Lipinski definition) is 3. The quantitative estimate of drug-likeness (QED) is 0.784. The van der Waals surface area contributed by atoms with Gasteiger partial charge in [-0.05, 0) is 12.5 Å². The minimum atomic E-state index is -3.09. The first kappa shape index (κ1) is 15.9. The van der Waals surface area contributed by atoms with Gasteiger partial charge in [0.25, 0.3) is 5.92 Å². The van der Waals surface area contributed by atoms with Crippen LogP contribution in [0.2, 0.25) is 0 Å². The van der Waals surface area contributed by atoms with Gasteiger partial charge in [-0.2, -0.15) is 0 Å². The van der Waals surface area contributed by atoms with Crippen LogP contribution < -0.4 is 5.32 Å². The maximum Gasteiger partial charge on any atom is 0.282 e. The molecular weight excluding hydrogens is 276 g/mol. The van der Waals surface area contributed by atoms with Crippen molar-refractivity contribution in [1.82, 2.24) is 5.32 Å². The fourth-order valence-corrected chi connectivity index (χ4v) is 2.31. The van der Waals surface area contributed by atoms with Crippen molar-refractivity contribution in [3.8, 4) is 0 Å². The Morgan fingerprint density at radius 1 is 1.29 bits per heavy atom. The number of halogens is 2. The van der Waals surface area contributed by atoms with E-state index in [0.717, 1.165) is 41.6 Å². The Hall–Kier alpha value is -1.46. The molecule has 1 aromatic carbocycles. The van der Waals surface area contributed by atoms with Gasteiger partial charge in [0.1, 0.15) is 18.0 Å². The third-order valence-corrected chi connectivity index (χ3v) is 3.46. The topological polar surface area (TPSA) is 45.4 Å². The fourth-order valence-electron chi connectivity index (χ4n) is 2.31. The number of unbranched alkanes of at least 4 members (excludes halogenated alkanes) is 1. The summed E-state index contributed by atoms with van der Waals surface area (Å²) in [7, 11) is 0. The average molecular weight is 297 g/mol. The lowest BCUT2D eigenvalue weighted by atomic mass is 10.1. The van der Waals surface area contributed by atoms with Crippen molar-refractivity contribution in [2.45, 2.75) is 38.7 Å². The van der Waals surface area contributed by atoms with Gasteiger partial charge in [-0.3, -0.25) is 0 Å². The Bertz CT molecular complexity index is 581. The van der Waals surface area contributed by atoms with Crippen LogP contribution in [0.5, 0.6) is 0 Å². The molecule has 2 N–H and O–H groups in total. The minimum Gasteiger partial charge on any atom is -0.461 e. The molecule has 116 valence electrons. The lowest BCUT2D eigenvalue weighted by molar-refractivity contribution is -0.0477. The van der Waals surface area contributed by atoms with Gasteiger partial charge in [-0.25, -0.2) is 8.78 Å². The van der Waals surface area contributed by atoms with E-state index in [-0.39, 0.29) is 0 Å². The average Bonchev–Trinajstić information content (AvgIpc) is 2.83. The van der Waals surface area contributed by atoms with E-state index in [4.69, 9.17) is 9.52 Å². The maximum atomic E-state index is 13.1. The van der Waals surface area contributed by atoms with Gasteiger partial charge in [0.05, 0.1) is 6.54 Å². The summed E-state index contributed by atoms with van der Waals surface area (Å²) in [6.07, 6.45) is 2.85. The smallest absolute Gasteiger partial charge is 0.282 e. The van der Waals surface area contributed by atoms with Gasteiger partial charge in [0.2, 0.25) is 0 Å². The highest BCUT2D eigenvalue weighted by atomic mass is 19.3. The van der Waals surface area contributed by atoms with E-state index >= 15 is 0 Å². The molecule has 2 rings (SSSR count). The SMILES string of the molecule is CCCCc1oc2ccccc2c1CNCC(F)(F)CO. The molecular formula is C16H21F2NO2. The zero-order chi connectivity index (χ0) is 15.3. The summed E-state index contributed by atoms with van der Waals surface area (Å²) in [5.74, 6) is -2.23. The molecule has 2 aromatic rings. The summed E-state index contributed by atoms with van der Waals surface area (Å²) in [5, 5.41) is 12.3. The molecule has 0 fully saturated rings. The van der Waals surface area contributed by atoms with Gasteiger partial charge in [-0.1, -0.05) is 31.5 Å². The summed E-state index contributed by atoms with van der Waals surface area (Å²) < 4.78 is 32.0. The number of hydrogen-bond donors (Lipinski definition) is 2. The first-order valence-corrected chi connectivity index (χ1v) is 7.26. The van der Waals surface area contributed by atoms with Crippen molar-refractivity contribution in [2.24, 2.45) is 0 Å². The lowest BCUT2D eigenvalue weighted by Crippen LogP contribution is -2.35. The molecule has 0 aliphatic carbocycles. The van der Waals surface area contributed by atoms with E-state index in [1.54, 1.807) is 0 Å². The van der Waals surface area contributed by atoms with Gasteiger partial charge < -0.3 is 14.8 Å². The van der Waals surface area contributed by atoms with Crippen LogP contribution in [0.4, 0.5) is 8.78 Å². The predicted octanol–water partition coefficient (Wildman–Crippen LogP) is 3.49. The molecule has 1 heterocycles. The van der Waals surface area contributed by atoms with Crippen LogP contribution in [-0.2, 0) is 13.0 Å². The van der Waals surface area contributed by atoms with Crippen LogP contribution in [-0.4, -0.2) is 24.2 Å². The molecule has 0 saturated heterocycles. The van der Waals surface area contributed by atoms with E-state index in [2.05, 4.69) is 12.2 Å². The normalized spacial score (nSPS) is 12.2. The summed E-state index contributed by atoms with van der Waals surface area (Å²) in [6, 6.07) is 7.63. The van der Waals surface area contributed by atoms with Gasteiger partial charge in [0.15, 0.2) is 0 Å². The Labute approximate surface area is 123 Å². The van der Waals surface area contributed by atoms with E-state index in [1.807, 2.05) is 24.3 Å². The molecule has 0 atom stereocenters. The molecule has 0 aliphatic rings. The van der Waals surface area contributed by atoms with Crippen molar-refractivity contribution in [3.63, 3.8) is 0 Å². The van der Waals surface area contributed by atoms with Crippen molar-refractivity contribution < 1.29 is 18.3 Å². The first-order chi connectivity index (χ1) is 10.1. The van der Waals surface area contributed by atoms with E-state index in [1.165, 1.54) is 0 Å². The molecule has 0 radical (unpaired) electrons. The van der Waals surface area contributed by atoms with Crippen LogP contribution in [0, 0.1) is 0 Å². The third-order valence-electron chi connectivity index (χ3n) is 3.46. The van der Waals surface area contributed by atoms with Crippen molar-refractivity contribution in [1.29, 1.82) is 0 Å². The number of rotatable bonds is 8. The monoisotopic (exact) mass is 297 g/mol. The Morgan fingerprint density at radius 2 is 2.05 bits per heavy atom. The van der Waals surface area contributed by atoms with Crippen molar-refractivity contribution >= 4 is 11.0 Å². The molecule has 0 saturated carbocycles. The molecule has 1 aromatic heterocycles. The number of aryl methyl sites for hydroxylation is 1. The van der Waals surface area contributed by atoms with Gasteiger partial charge in [-0.15, -0.1) is 0 Å². The number of alkyl halides is 2. The number of aliphatic hydroxyl groups excluding tert-OH is 1. The van der Waals surface area contributed by atoms with Crippen molar-refractivity contribution in [2.75, 3.05) is 13.2 Å². The molecule has 0 amide bonds. The number of aliphatic hydroxyl groups is 1. The van der Waals surface area contributed by atoms with E-state index < -0.39 is 19.1 Å². The van der Waals surface area contributed by atoms with Crippen LogP contribution in [0.15, 0.2) is 28.7 Å². The zero-order valence-electron chi connectivity index (χ0n) is 12.2. The molecule has 0 unspecified atom stereocenters. The Kier molecular flexibility index (Phi) is 5.31. The van der Waals surface area contributed by atoms with Crippen LogP contribution in [0.25, 0.3) is 11.0 Å². The summed E-state index contributed by atoms with van der Waals surface area (Å²) in [6.45, 7) is 0.721. The number of fused-ring (bicyclic) bond motifs is 1. The lowest BCUT2D eigenvalue weighted by Gasteiger charge is -2.14. The highest BCUT2D eigenvalue weighted by molar-refractivity contribution is 5.82. The predicted molar refractivity (Wildman–Crippen MR) is 78.6 cm³/mol. The zero-order valence-corrected chi connectivity index (χ0v) is 12.2. The largest absolute Gasteiger partial charge is 0.461 e. The summed E-state index contributed by atoms with van der Waals surface area (Å²) in [4.78, 5) is 0. The fraction of sp³-hybridized carbons (Fsp3) is 0.500. The number of para-hydroxylation sites is 1.